The third-order valence-corrected chi connectivity index (χ3v) is 3.58. The predicted octanol–water partition coefficient (Wildman–Crippen LogP) is 2.63. The normalized spacial score (nSPS) is 10.9. The molecule has 7 heteroatoms. The molecule has 1 aromatic rings. The Balaban J connectivity index is 0.00000625. The maximum absolute atomic E-state index is 11.6. The highest BCUT2D eigenvalue weighted by Gasteiger charge is 2.04. The highest BCUT2D eigenvalue weighted by atomic mass is 127. The van der Waals surface area contributed by atoms with Crippen LogP contribution in [0.15, 0.2) is 23.2 Å². The standard InChI is InChI=1S/C19H32N4O2.HI/c1-6-20-19(22-12-10-18(24)23-14(2)3)21-11-9-16-8-7-15(4)17(13-16)25-5;/h7-8,13-14H,6,9-12H2,1-5H3,(H,23,24)(H2,20,21,22);1H. The van der Waals surface area contributed by atoms with E-state index in [4.69, 9.17) is 4.74 Å². The summed E-state index contributed by atoms with van der Waals surface area (Å²) in [5.74, 6) is 1.68. The summed E-state index contributed by atoms with van der Waals surface area (Å²) in [4.78, 5) is 16.1. The molecule has 0 radical (unpaired) electrons. The molecule has 148 valence electrons. The van der Waals surface area contributed by atoms with Crippen molar-refractivity contribution in [2.24, 2.45) is 4.99 Å². The van der Waals surface area contributed by atoms with Gasteiger partial charge in [-0.25, -0.2) is 0 Å². The third kappa shape index (κ3) is 9.84. The smallest absolute Gasteiger partial charge is 0.222 e. The Bertz CT molecular complexity index is 577. The SMILES string of the molecule is CCNC(=NCCC(=O)NC(C)C)NCCc1ccc(C)c(OC)c1.I. The topological polar surface area (TPSA) is 74.8 Å². The molecule has 0 atom stereocenters. The Labute approximate surface area is 174 Å². The lowest BCUT2D eigenvalue weighted by atomic mass is 10.1. The summed E-state index contributed by atoms with van der Waals surface area (Å²) in [6, 6.07) is 6.41. The van der Waals surface area contributed by atoms with E-state index in [-0.39, 0.29) is 35.9 Å². The molecule has 1 rings (SSSR count). The van der Waals surface area contributed by atoms with E-state index in [1.807, 2.05) is 27.7 Å². The highest BCUT2D eigenvalue weighted by Crippen LogP contribution is 2.18. The molecule has 6 nitrogen and oxygen atoms in total. The van der Waals surface area contributed by atoms with Gasteiger partial charge < -0.3 is 20.7 Å². The molecule has 1 amide bonds. The summed E-state index contributed by atoms with van der Waals surface area (Å²) in [6.45, 7) is 9.96. The van der Waals surface area contributed by atoms with Gasteiger partial charge in [-0.15, -0.1) is 24.0 Å². The number of nitrogens with one attached hydrogen (secondary N) is 3. The van der Waals surface area contributed by atoms with E-state index < -0.39 is 0 Å². The van der Waals surface area contributed by atoms with Gasteiger partial charge >= 0.3 is 0 Å². The summed E-state index contributed by atoms with van der Waals surface area (Å²) in [5.41, 5.74) is 2.34. The maximum Gasteiger partial charge on any atom is 0.222 e. The Hall–Kier alpha value is -1.51. The molecule has 0 fully saturated rings. The number of nitrogens with zero attached hydrogens (tertiary/aromatic N) is 1. The summed E-state index contributed by atoms with van der Waals surface area (Å²) in [7, 11) is 1.69. The number of ether oxygens (including phenoxy) is 1. The van der Waals surface area contributed by atoms with E-state index in [0.29, 0.717) is 13.0 Å². The zero-order valence-corrected chi connectivity index (χ0v) is 18.8. The number of carbonyl (C=O) groups excluding carboxylic acids is 1. The number of aliphatic imine (C=N–C) groups is 1. The highest BCUT2D eigenvalue weighted by molar-refractivity contribution is 14.0. The van der Waals surface area contributed by atoms with Gasteiger partial charge in [0.1, 0.15) is 5.75 Å². The van der Waals surface area contributed by atoms with Gasteiger partial charge in [-0.05, 0) is 51.3 Å². The van der Waals surface area contributed by atoms with E-state index in [1.165, 1.54) is 5.56 Å². The van der Waals surface area contributed by atoms with Crippen molar-refractivity contribution >= 4 is 35.8 Å². The van der Waals surface area contributed by atoms with Crippen LogP contribution in [0.2, 0.25) is 0 Å². The van der Waals surface area contributed by atoms with Gasteiger partial charge in [0, 0.05) is 25.6 Å². The molecule has 0 saturated carbocycles. The molecule has 0 aromatic heterocycles. The fourth-order valence-corrected chi connectivity index (χ4v) is 2.35. The molecule has 3 N–H and O–H groups in total. The lowest BCUT2D eigenvalue weighted by molar-refractivity contribution is -0.121. The van der Waals surface area contributed by atoms with Gasteiger partial charge in [-0.3, -0.25) is 9.79 Å². The summed E-state index contributed by atoms with van der Waals surface area (Å²) >= 11 is 0. The molecule has 26 heavy (non-hydrogen) atoms. The zero-order valence-electron chi connectivity index (χ0n) is 16.5. The van der Waals surface area contributed by atoms with Crippen LogP contribution in [0.3, 0.4) is 0 Å². The third-order valence-electron chi connectivity index (χ3n) is 3.58. The van der Waals surface area contributed by atoms with E-state index >= 15 is 0 Å². The van der Waals surface area contributed by atoms with Crippen molar-refractivity contribution in [1.82, 2.24) is 16.0 Å². The number of aryl methyl sites for hydroxylation is 1. The van der Waals surface area contributed by atoms with Gasteiger partial charge in [0.05, 0.1) is 13.7 Å². The van der Waals surface area contributed by atoms with Crippen molar-refractivity contribution < 1.29 is 9.53 Å². The van der Waals surface area contributed by atoms with Crippen LogP contribution in [0.1, 0.15) is 38.3 Å². The predicted molar refractivity (Wildman–Crippen MR) is 119 cm³/mol. The van der Waals surface area contributed by atoms with E-state index in [0.717, 1.165) is 36.8 Å². The van der Waals surface area contributed by atoms with Crippen molar-refractivity contribution in [3.63, 3.8) is 0 Å². The van der Waals surface area contributed by atoms with Crippen LogP contribution in [0, 0.1) is 6.92 Å². The largest absolute Gasteiger partial charge is 0.496 e. The summed E-state index contributed by atoms with van der Waals surface area (Å²) in [5, 5.41) is 9.37. The monoisotopic (exact) mass is 476 g/mol. The lowest BCUT2D eigenvalue weighted by Crippen LogP contribution is -2.38. The van der Waals surface area contributed by atoms with Crippen LogP contribution in [0.4, 0.5) is 0 Å². The minimum Gasteiger partial charge on any atom is -0.496 e. The van der Waals surface area contributed by atoms with Crippen molar-refractivity contribution in [3.05, 3.63) is 29.3 Å². The molecule has 0 bridgehead atoms. The Morgan fingerprint density at radius 3 is 2.62 bits per heavy atom. The number of amides is 1. The van der Waals surface area contributed by atoms with Crippen molar-refractivity contribution in [2.45, 2.75) is 46.6 Å². The van der Waals surface area contributed by atoms with Crippen LogP contribution in [0.5, 0.6) is 5.75 Å². The number of methoxy groups -OCH3 is 1. The quantitative estimate of drug-likeness (QED) is 0.291. The number of hydrogen-bond donors (Lipinski definition) is 3. The molecule has 1 aromatic carbocycles. The molecule has 0 aliphatic heterocycles. The van der Waals surface area contributed by atoms with Gasteiger partial charge in [0.2, 0.25) is 5.91 Å². The Kier molecular flexibility index (Phi) is 12.9. The number of guanidine groups is 1. The lowest BCUT2D eigenvalue weighted by Gasteiger charge is -2.12. The zero-order chi connectivity index (χ0) is 18.7. The second kappa shape index (κ2) is 13.7. The molecule has 0 aliphatic carbocycles. The molecule has 0 saturated heterocycles. The number of halogens is 1. The first-order chi connectivity index (χ1) is 12.0. The second-order valence-electron chi connectivity index (χ2n) is 6.21. The summed E-state index contributed by atoms with van der Waals surface area (Å²) in [6.07, 6.45) is 1.26. The average Bonchev–Trinajstić information content (AvgIpc) is 2.55. The summed E-state index contributed by atoms with van der Waals surface area (Å²) < 4.78 is 5.36. The van der Waals surface area contributed by atoms with Gasteiger partial charge in [-0.2, -0.15) is 0 Å². The number of carbonyl (C=O) groups is 1. The molecular weight excluding hydrogens is 443 g/mol. The Morgan fingerprint density at radius 2 is 2.00 bits per heavy atom. The molecule has 0 aliphatic rings. The first kappa shape index (κ1) is 24.5. The van der Waals surface area contributed by atoms with Gasteiger partial charge in [0.25, 0.3) is 0 Å². The first-order valence-corrected chi connectivity index (χ1v) is 8.91. The fraction of sp³-hybridized carbons (Fsp3) is 0.579. The van der Waals surface area contributed by atoms with Crippen LogP contribution in [0.25, 0.3) is 0 Å². The Morgan fingerprint density at radius 1 is 1.27 bits per heavy atom. The van der Waals surface area contributed by atoms with Crippen molar-refractivity contribution in [2.75, 3.05) is 26.7 Å². The second-order valence-corrected chi connectivity index (χ2v) is 6.21. The fourth-order valence-electron chi connectivity index (χ4n) is 2.35. The number of rotatable bonds is 9. The van der Waals surface area contributed by atoms with Gasteiger partial charge in [0.15, 0.2) is 5.96 Å². The van der Waals surface area contributed by atoms with Gasteiger partial charge in [-0.1, -0.05) is 12.1 Å². The van der Waals surface area contributed by atoms with Crippen LogP contribution >= 0.6 is 24.0 Å². The maximum atomic E-state index is 11.6. The number of hydrogen-bond acceptors (Lipinski definition) is 3. The number of benzene rings is 1. The molecule has 0 spiro atoms. The average molecular weight is 476 g/mol. The minimum absolute atomic E-state index is 0. The first-order valence-electron chi connectivity index (χ1n) is 8.91. The van der Waals surface area contributed by atoms with E-state index in [1.54, 1.807) is 7.11 Å². The minimum atomic E-state index is 0. The van der Waals surface area contributed by atoms with Crippen LogP contribution < -0.4 is 20.7 Å². The molecule has 0 heterocycles. The molecule has 0 unspecified atom stereocenters. The van der Waals surface area contributed by atoms with Crippen LogP contribution in [-0.2, 0) is 11.2 Å². The van der Waals surface area contributed by atoms with Crippen LogP contribution in [-0.4, -0.2) is 44.7 Å². The molecular formula is C19H33IN4O2. The van der Waals surface area contributed by atoms with Crippen molar-refractivity contribution in [1.29, 1.82) is 0 Å². The van der Waals surface area contributed by atoms with E-state index in [9.17, 15) is 4.79 Å². The van der Waals surface area contributed by atoms with Crippen molar-refractivity contribution in [3.8, 4) is 5.75 Å². The van der Waals surface area contributed by atoms with E-state index in [2.05, 4.69) is 39.1 Å².